The van der Waals surface area contributed by atoms with E-state index in [1.165, 1.54) is 23.3 Å². The van der Waals surface area contributed by atoms with Crippen molar-refractivity contribution in [1.29, 1.82) is 0 Å². The number of nitrogen functional groups attached to an aromatic ring is 1. The van der Waals surface area contributed by atoms with Gasteiger partial charge in [-0.05, 0) is 31.2 Å². The molecule has 0 radical (unpaired) electrons. The zero-order chi connectivity index (χ0) is 20.9. The Bertz CT molecular complexity index is 1270. The molecule has 10 heteroatoms. The first-order chi connectivity index (χ1) is 15.2. The second kappa shape index (κ2) is 7.38. The lowest BCUT2D eigenvalue weighted by Crippen LogP contribution is -2.46. The van der Waals surface area contributed by atoms with E-state index in [2.05, 4.69) is 29.9 Å². The third kappa shape index (κ3) is 3.21. The second-order valence-corrected chi connectivity index (χ2v) is 9.47. The van der Waals surface area contributed by atoms with Crippen LogP contribution in [0.15, 0.2) is 12.5 Å². The molecule has 9 nitrogen and oxygen atoms in total. The van der Waals surface area contributed by atoms with Crippen LogP contribution in [-0.2, 0) is 26.4 Å². The van der Waals surface area contributed by atoms with Crippen LogP contribution in [0.3, 0.4) is 0 Å². The van der Waals surface area contributed by atoms with Crippen LogP contribution in [-0.4, -0.2) is 60.8 Å². The molecule has 4 aromatic heterocycles. The highest BCUT2D eigenvalue weighted by Gasteiger charge is 2.23. The molecule has 0 saturated carbocycles. The van der Waals surface area contributed by atoms with E-state index in [-0.39, 0.29) is 0 Å². The predicted octanol–water partition coefficient (Wildman–Crippen LogP) is 2.15. The SMILES string of the molecule is Cn1ncc2c(N3CCN(Cc4nc(N)c5c6c(sc5n4)CCCC6)CC3)ncnc21. The Morgan fingerprint density at radius 2 is 1.90 bits per heavy atom. The van der Waals surface area contributed by atoms with Crippen LogP contribution in [0.2, 0.25) is 0 Å². The first-order valence-electron chi connectivity index (χ1n) is 10.8. The van der Waals surface area contributed by atoms with Gasteiger partial charge in [0.25, 0.3) is 0 Å². The first kappa shape index (κ1) is 18.9. The number of fused-ring (bicyclic) bond motifs is 4. The molecule has 0 atom stereocenters. The number of hydrogen-bond donors (Lipinski definition) is 1. The van der Waals surface area contributed by atoms with Crippen molar-refractivity contribution in [2.45, 2.75) is 32.2 Å². The van der Waals surface area contributed by atoms with Crippen molar-refractivity contribution >= 4 is 44.2 Å². The third-order valence-corrected chi connectivity index (χ3v) is 7.62. The predicted molar refractivity (Wildman–Crippen MR) is 122 cm³/mol. The van der Waals surface area contributed by atoms with Gasteiger partial charge in [-0.15, -0.1) is 11.3 Å². The molecular weight excluding hydrogens is 410 g/mol. The zero-order valence-corrected chi connectivity index (χ0v) is 18.4. The summed E-state index contributed by atoms with van der Waals surface area (Å²) in [4.78, 5) is 25.7. The molecule has 0 amide bonds. The van der Waals surface area contributed by atoms with Gasteiger partial charge in [-0.3, -0.25) is 9.58 Å². The van der Waals surface area contributed by atoms with E-state index >= 15 is 0 Å². The molecule has 2 aliphatic rings. The fourth-order valence-corrected chi connectivity index (χ4v) is 6.11. The average molecular weight is 436 g/mol. The molecule has 1 saturated heterocycles. The van der Waals surface area contributed by atoms with Gasteiger partial charge in [0.2, 0.25) is 0 Å². The van der Waals surface area contributed by atoms with Crippen LogP contribution in [0.5, 0.6) is 0 Å². The number of rotatable bonds is 3. The smallest absolute Gasteiger partial charge is 0.163 e. The standard InChI is InChI=1S/C21H25N9S/c1-28-19-14(10-25-28)20(24-12-23-19)30-8-6-29(7-9-30)11-16-26-18(22)17-13-4-2-3-5-15(13)31-21(17)27-16/h10,12H,2-9,11H2,1H3,(H2,22,26,27). The maximum absolute atomic E-state index is 6.39. The number of piperazine rings is 1. The number of nitrogens with zero attached hydrogens (tertiary/aromatic N) is 8. The van der Waals surface area contributed by atoms with Crippen LogP contribution < -0.4 is 10.6 Å². The molecule has 31 heavy (non-hydrogen) atoms. The third-order valence-electron chi connectivity index (χ3n) is 6.43. The van der Waals surface area contributed by atoms with Gasteiger partial charge >= 0.3 is 0 Å². The summed E-state index contributed by atoms with van der Waals surface area (Å²) in [5.41, 5.74) is 8.65. The lowest BCUT2D eigenvalue weighted by molar-refractivity contribution is 0.244. The molecule has 0 bridgehead atoms. The van der Waals surface area contributed by atoms with Crippen LogP contribution in [0.25, 0.3) is 21.3 Å². The van der Waals surface area contributed by atoms with Crippen molar-refractivity contribution in [3.63, 3.8) is 0 Å². The van der Waals surface area contributed by atoms with Gasteiger partial charge in [0.1, 0.15) is 28.6 Å². The fourth-order valence-electron chi connectivity index (χ4n) is 4.82. The molecule has 5 heterocycles. The molecule has 160 valence electrons. The van der Waals surface area contributed by atoms with E-state index < -0.39 is 0 Å². The molecule has 0 spiro atoms. The molecular formula is C21H25N9S. The Labute approximate surface area is 183 Å². The van der Waals surface area contributed by atoms with Gasteiger partial charge < -0.3 is 10.6 Å². The van der Waals surface area contributed by atoms with Gasteiger partial charge in [-0.1, -0.05) is 0 Å². The lowest BCUT2D eigenvalue weighted by atomic mass is 9.97. The number of aromatic nitrogens is 6. The summed E-state index contributed by atoms with van der Waals surface area (Å²) in [7, 11) is 1.91. The van der Waals surface area contributed by atoms with Gasteiger partial charge in [-0.2, -0.15) is 5.10 Å². The Balaban J connectivity index is 1.19. The van der Waals surface area contributed by atoms with Crippen molar-refractivity contribution in [2.24, 2.45) is 7.05 Å². The summed E-state index contributed by atoms with van der Waals surface area (Å²) in [6, 6.07) is 0. The topological polar surface area (TPSA) is 102 Å². The van der Waals surface area contributed by atoms with Gasteiger partial charge in [-0.25, -0.2) is 19.9 Å². The second-order valence-electron chi connectivity index (χ2n) is 8.38. The quantitative estimate of drug-likeness (QED) is 0.522. The summed E-state index contributed by atoms with van der Waals surface area (Å²) in [5, 5.41) is 6.44. The normalized spacial score (nSPS) is 17.5. The highest BCUT2D eigenvalue weighted by Crippen LogP contribution is 2.37. The van der Waals surface area contributed by atoms with E-state index in [1.807, 2.05) is 24.6 Å². The Kier molecular flexibility index (Phi) is 4.50. The molecule has 0 unspecified atom stereocenters. The van der Waals surface area contributed by atoms with Crippen molar-refractivity contribution in [2.75, 3.05) is 36.8 Å². The molecule has 1 aliphatic heterocycles. The maximum atomic E-state index is 6.39. The lowest BCUT2D eigenvalue weighted by Gasteiger charge is -2.35. The largest absolute Gasteiger partial charge is 0.383 e. The van der Waals surface area contributed by atoms with Crippen LogP contribution >= 0.6 is 11.3 Å². The van der Waals surface area contributed by atoms with Crippen molar-refractivity contribution in [3.8, 4) is 0 Å². The number of thiophene rings is 1. The monoisotopic (exact) mass is 435 g/mol. The number of nitrogens with two attached hydrogens (primary N) is 1. The van der Waals surface area contributed by atoms with Crippen molar-refractivity contribution in [3.05, 3.63) is 28.8 Å². The van der Waals surface area contributed by atoms with E-state index in [0.29, 0.717) is 5.82 Å². The molecule has 2 N–H and O–H groups in total. The van der Waals surface area contributed by atoms with Gasteiger partial charge in [0, 0.05) is 38.1 Å². The summed E-state index contributed by atoms with van der Waals surface area (Å²) in [6.45, 7) is 4.36. The highest BCUT2D eigenvalue weighted by molar-refractivity contribution is 7.19. The molecule has 4 aromatic rings. The van der Waals surface area contributed by atoms with E-state index in [4.69, 9.17) is 10.7 Å². The zero-order valence-electron chi connectivity index (χ0n) is 17.6. The number of hydrogen-bond acceptors (Lipinski definition) is 9. The Morgan fingerprint density at radius 3 is 2.77 bits per heavy atom. The average Bonchev–Trinajstić information content (AvgIpc) is 3.35. The summed E-state index contributed by atoms with van der Waals surface area (Å²) in [5.74, 6) is 2.44. The molecule has 1 aliphatic carbocycles. The first-order valence-corrected chi connectivity index (χ1v) is 11.7. The van der Waals surface area contributed by atoms with E-state index in [1.54, 1.807) is 11.0 Å². The Hall–Kier alpha value is -2.85. The fraction of sp³-hybridized carbons (Fsp3) is 0.476. The molecule has 1 fully saturated rings. The van der Waals surface area contributed by atoms with Gasteiger partial charge in [0.15, 0.2) is 5.65 Å². The number of anilines is 2. The minimum atomic E-state index is 0.651. The van der Waals surface area contributed by atoms with E-state index in [9.17, 15) is 0 Å². The van der Waals surface area contributed by atoms with Crippen molar-refractivity contribution < 1.29 is 0 Å². The minimum Gasteiger partial charge on any atom is -0.383 e. The summed E-state index contributed by atoms with van der Waals surface area (Å²) < 4.78 is 1.79. The van der Waals surface area contributed by atoms with Gasteiger partial charge in [0.05, 0.1) is 23.5 Å². The van der Waals surface area contributed by atoms with Crippen LogP contribution in [0.1, 0.15) is 29.1 Å². The summed E-state index contributed by atoms with van der Waals surface area (Å²) in [6.07, 6.45) is 8.24. The number of aryl methyl sites for hydroxylation is 3. The Morgan fingerprint density at radius 1 is 1.06 bits per heavy atom. The van der Waals surface area contributed by atoms with Crippen LogP contribution in [0, 0.1) is 0 Å². The van der Waals surface area contributed by atoms with E-state index in [0.717, 1.165) is 78.5 Å². The minimum absolute atomic E-state index is 0.651. The molecule has 0 aromatic carbocycles. The highest BCUT2D eigenvalue weighted by atomic mass is 32.1. The van der Waals surface area contributed by atoms with Crippen molar-refractivity contribution in [1.82, 2.24) is 34.6 Å². The maximum Gasteiger partial charge on any atom is 0.163 e. The van der Waals surface area contributed by atoms with Crippen LogP contribution in [0.4, 0.5) is 11.6 Å². The summed E-state index contributed by atoms with van der Waals surface area (Å²) >= 11 is 1.81. The molecule has 6 rings (SSSR count).